The number of H-pyrrole nitrogens is 1. The molecule has 6 heteroatoms. The van der Waals surface area contributed by atoms with Crippen LogP contribution in [0.3, 0.4) is 0 Å². The Morgan fingerprint density at radius 2 is 2.31 bits per heavy atom. The van der Waals surface area contributed by atoms with Crippen LogP contribution in [0.15, 0.2) is 35.1 Å². The minimum absolute atomic E-state index is 0.303. The number of nitrogens with one attached hydrogen (secondary N) is 2. The first-order valence-corrected chi connectivity index (χ1v) is 5.21. The summed E-state index contributed by atoms with van der Waals surface area (Å²) in [5.74, 6) is -0.470. The Balaban J connectivity index is 2.10. The normalized spacial score (nSPS) is 10.1. The third kappa shape index (κ3) is 2.46. The summed E-state index contributed by atoms with van der Waals surface area (Å²) < 4.78 is 13.3. The average Bonchev–Trinajstić information content (AvgIpc) is 2.68. The largest absolute Gasteiger partial charge is 0.356 e. The summed E-state index contributed by atoms with van der Waals surface area (Å²) in [4.78, 5) is 18.1. The quantitative estimate of drug-likeness (QED) is 0.890. The monoisotopic (exact) mass is 283 g/mol. The van der Waals surface area contributed by atoms with Gasteiger partial charge in [-0.2, -0.15) is 0 Å². The fourth-order valence-corrected chi connectivity index (χ4v) is 1.48. The number of amides is 1. The van der Waals surface area contributed by atoms with Gasteiger partial charge in [-0.25, -0.2) is 9.37 Å². The predicted molar refractivity (Wildman–Crippen MR) is 60.6 cm³/mol. The first-order valence-electron chi connectivity index (χ1n) is 4.42. The van der Waals surface area contributed by atoms with Crippen LogP contribution in [-0.2, 0) is 0 Å². The van der Waals surface area contributed by atoms with Crippen molar-refractivity contribution in [3.05, 3.63) is 46.6 Å². The van der Waals surface area contributed by atoms with E-state index in [1.54, 1.807) is 12.3 Å². The van der Waals surface area contributed by atoms with Gasteiger partial charge < -0.3 is 10.3 Å². The van der Waals surface area contributed by atoms with Crippen LogP contribution in [0.4, 0.5) is 10.2 Å². The topological polar surface area (TPSA) is 57.8 Å². The van der Waals surface area contributed by atoms with Gasteiger partial charge in [0.25, 0.3) is 5.91 Å². The number of halogens is 2. The van der Waals surface area contributed by atoms with Crippen molar-refractivity contribution in [2.45, 2.75) is 0 Å². The first kappa shape index (κ1) is 10.8. The highest BCUT2D eigenvalue weighted by Crippen LogP contribution is 2.12. The molecule has 2 rings (SSSR count). The van der Waals surface area contributed by atoms with Crippen LogP contribution in [0.1, 0.15) is 10.5 Å². The second kappa shape index (κ2) is 4.44. The Morgan fingerprint density at radius 1 is 1.50 bits per heavy atom. The summed E-state index contributed by atoms with van der Waals surface area (Å²) in [7, 11) is 0. The molecule has 2 aromatic rings. The number of anilines is 1. The minimum Gasteiger partial charge on any atom is -0.356 e. The van der Waals surface area contributed by atoms with Gasteiger partial charge in [0, 0.05) is 10.7 Å². The summed E-state index contributed by atoms with van der Waals surface area (Å²) in [5, 5.41) is 2.53. The zero-order chi connectivity index (χ0) is 11.5. The Kier molecular flexibility index (Phi) is 3.00. The van der Waals surface area contributed by atoms with Gasteiger partial charge in [-0.1, -0.05) is 0 Å². The number of hydrogen-bond acceptors (Lipinski definition) is 2. The molecule has 82 valence electrons. The van der Waals surface area contributed by atoms with E-state index in [-0.39, 0.29) is 5.91 Å². The van der Waals surface area contributed by atoms with E-state index in [2.05, 4.69) is 31.2 Å². The maximum Gasteiger partial charge on any atom is 0.273 e. The highest BCUT2D eigenvalue weighted by Gasteiger charge is 2.08. The van der Waals surface area contributed by atoms with Crippen molar-refractivity contribution in [1.82, 2.24) is 9.97 Å². The number of nitrogens with zero attached hydrogens (tertiary/aromatic N) is 1. The molecule has 0 aliphatic carbocycles. The summed E-state index contributed by atoms with van der Waals surface area (Å²) in [6.45, 7) is 0. The van der Waals surface area contributed by atoms with Crippen LogP contribution in [0.2, 0.25) is 0 Å². The highest BCUT2D eigenvalue weighted by atomic mass is 79.9. The molecular formula is C10H7BrFN3O. The summed E-state index contributed by atoms with van der Waals surface area (Å²) in [5.41, 5.74) is 0.401. The number of pyridine rings is 1. The average molecular weight is 284 g/mol. The molecule has 0 saturated carbocycles. The van der Waals surface area contributed by atoms with E-state index < -0.39 is 5.82 Å². The van der Waals surface area contributed by atoms with E-state index >= 15 is 0 Å². The molecule has 0 saturated heterocycles. The van der Waals surface area contributed by atoms with Gasteiger partial charge in [0.15, 0.2) is 0 Å². The molecule has 0 aromatic carbocycles. The van der Waals surface area contributed by atoms with Crippen molar-refractivity contribution >= 4 is 27.7 Å². The number of hydrogen-bond donors (Lipinski definition) is 2. The van der Waals surface area contributed by atoms with Crippen molar-refractivity contribution in [2.75, 3.05) is 5.32 Å². The van der Waals surface area contributed by atoms with E-state index in [9.17, 15) is 9.18 Å². The van der Waals surface area contributed by atoms with Crippen molar-refractivity contribution in [3.8, 4) is 0 Å². The lowest BCUT2D eigenvalue weighted by Crippen LogP contribution is -2.13. The van der Waals surface area contributed by atoms with Crippen LogP contribution >= 0.6 is 15.9 Å². The van der Waals surface area contributed by atoms with Crippen molar-refractivity contribution in [2.24, 2.45) is 0 Å². The molecule has 1 amide bonds. The van der Waals surface area contributed by atoms with Gasteiger partial charge in [0.1, 0.15) is 17.3 Å². The molecule has 0 bridgehead atoms. The van der Waals surface area contributed by atoms with Crippen LogP contribution < -0.4 is 5.32 Å². The third-order valence-corrected chi connectivity index (χ3v) is 2.32. The lowest BCUT2D eigenvalue weighted by Gasteiger charge is -2.01. The summed E-state index contributed by atoms with van der Waals surface area (Å²) in [6, 6.07) is 4.26. The van der Waals surface area contributed by atoms with Gasteiger partial charge in [0.05, 0.1) is 6.20 Å². The van der Waals surface area contributed by atoms with Crippen molar-refractivity contribution in [3.63, 3.8) is 0 Å². The molecular weight excluding hydrogens is 277 g/mol. The standard InChI is InChI=1S/C10H7BrFN3O/c11-6-3-8(13-4-6)10(16)15-9-2-1-7(12)5-14-9/h1-5,13H,(H,14,15,16). The number of carbonyl (C=O) groups is 1. The van der Waals surface area contributed by atoms with E-state index in [0.29, 0.717) is 11.5 Å². The molecule has 4 nitrogen and oxygen atoms in total. The Hall–Kier alpha value is -1.69. The molecule has 0 spiro atoms. The molecule has 0 fully saturated rings. The molecule has 0 unspecified atom stereocenters. The lowest BCUT2D eigenvalue weighted by atomic mass is 10.4. The summed E-state index contributed by atoms with van der Waals surface area (Å²) in [6.07, 6.45) is 2.69. The van der Waals surface area contributed by atoms with Gasteiger partial charge in [0.2, 0.25) is 0 Å². The molecule has 0 aliphatic heterocycles. The molecule has 2 N–H and O–H groups in total. The van der Waals surface area contributed by atoms with Crippen molar-refractivity contribution < 1.29 is 9.18 Å². The Morgan fingerprint density at radius 3 is 2.88 bits per heavy atom. The fraction of sp³-hybridized carbons (Fsp3) is 0. The molecule has 0 atom stereocenters. The second-order valence-electron chi connectivity index (χ2n) is 3.05. The zero-order valence-electron chi connectivity index (χ0n) is 8.00. The van der Waals surface area contributed by atoms with Crippen LogP contribution in [0, 0.1) is 5.82 Å². The molecule has 0 aliphatic rings. The zero-order valence-corrected chi connectivity index (χ0v) is 9.58. The Labute approximate surface area is 99.0 Å². The second-order valence-corrected chi connectivity index (χ2v) is 3.96. The lowest BCUT2D eigenvalue weighted by molar-refractivity contribution is 0.102. The van der Waals surface area contributed by atoms with Gasteiger partial charge in [-0.15, -0.1) is 0 Å². The smallest absolute Gasteiger partial charge is 0.273 e. The molecule has 0 radical (unpaired) electrons. The van der Waals surface area contributed by atoms with Gasteiger partial charge in [-0.05, 0) is 34.1 Å². The van der Waals surface area contributed by atoms with Crippen molar-refractivity contribution in [1.29, 1.82) is 0 Å². The summed E-state index contributed by atoms with van der Waals surface area (Å²) >= 11 is 3.22. The number of carbonyl (C=O) groups excluding carboxylic acids is 1. The molecule has 16 heavy (non-hydrogen) atoms. The number of aromatic amines is 1. The van der Waals surface area contributed by atoms with Crippen LogP contribution in [0.25, 0.3) is 0 Å². The molecule has 2 heterocycles. The van der Waals surface area contributed by atoms with E-state index in [4.69, 9.17) is 0 Å². The van der Waals surface area contributed by atoms with Gasteiger partial charge >= 0.3 is 0 Å². The number of aromatic nitrogens is 2. The van der Waals surface area contributed by atoms with E-state index in [1.165, 1.54) is 12.1 Å². The highest BCUT2D eigenvalue weighted by molar-refractivity contribution is 9.10. The maximum absolute atomic E-state index is 12.6. The van der Waals surface area contributed by atoms with E-state index in [1.807, 2.05) is 0 Å². The van der Waals surface area contributed by atoms with Crippen LogP contribution in [-0.4, -0.2) is 15.9 Å². The Bertz CT molecular complexity index is 509. The van der Waals surface area contributed by atoms with E-state index in [0.717, 1.165) is 10.7 Å². The maximum atomic E-state index is 12.6. The van der Waals surface area contributed by atoms with Gasteiger partial charge in [-0.3, -0.25) is 4.79 Å². The first-order chi connectivity index (χ1) is 7.65. The SMILES string of the molecule is O=C(Nc1ccc(F)cn1)c1cc(Br)c[nH]1. The van der Waals surface area contributed by atoms with Crippen LogP contribution in [0.5, 0.6) is 0 Å². The molecule has 2 aromatic heterocycles. The fourth-order valence-electron chi connectivity index (χ4n) is 1.13. The third-order valence-electron chi connectivity index (χ3n) is 1.86. The minimum atomic E-state index is -0.444. The predicted octanol–water partition coefficient (Wildman–Crippen LogP) is 2.56. The number of rotatable bonds is 2.